The number of H-pyrrole nitrogens is 1. The fourth-order valence-corrected chi connectivity index (χ4v) is 1.54. The van der Waals surface area contributed by atoms with E-state index >= 15 is 0 Å². The summed E-state index contributed by atoms with van der Waals surface area (Å²) in [7, 11) is 0. The summed E-state index contributed by atoms with van der Waals surface area (Å²) in [6.45, 7) is 0. The molecule has 0 unspecified atom stereocenters. The summed E-state index contributed by atoms with van der Waals surface area (Å²) in [6, 6.07) is 1.94. The van der Waals surface area contributed by atoms with Crippen molar-refractivity contribution in [2.24, 2.45) is 0 Å². The number of aromatic amines is 1. The Morgan fingerprint density at radius 3 is 3.27 bits per heavy atom. The van der Waals surface area contributed by atoms with E-state index in [1.165, 1.54) is 0 Å². The van der Waals surface area contributed by atoms with Crippen LogP contribution in [0.1, 0.15) is 0 Å². The quantitative estimate of drug-likeness (QED) is 0.417. The highest BCUT2D eigenvalue weighted by Gasteiger charge is 2.08. The molecule has 2 heterocycles. The van der Waals surface area contributed by atoms with Gasteiger partial charge >= 0.3 is 5.65 Å². The van der Waals surface area contributed by atoms with Crippen LogP contribution < -0.4 is 4.73 Å². The minimum absolute atomic E-state index is 0.616. The predicted octanol–water partition coefficient (Wildman–Crippen LogP) is 0.692. The van der Waals surface area contributed by atoms with Crippen molar-refractivity contribution in [2.45, 2.75) is 0 Å². The van der Waals surface area contributed by atoms with Gasteiger partial charge in [-0.05, 0) is 33.4 Å². The van der Waals surface area contributed by atoms with Crippen molar-refractivity contribution in [3.63, 3.8) is 0 Å². The Morgan fingerprint density at radius 2 is 2.45 bits per heavy atom. The molecule has 0 bridgehead atoms. The molecule has 0 saturated carbocycles. The van der Waals surface area contributed by atoms with E-state index in [0.29, 0.717) is 5.65 Å². The number of halogens is 1. The summed E-state index contributed by atoms with van der Waals surface area (Å²) in [4.78, 5) is 0. The van der Waals surface area contributed by atoms with Crippen LogP contribution in [-0.4, -0.2) is 15.4 Å². The van der Waals surface area contributed by atoms with Gasteiger partial charge < -0.3 is 5.21 Å². The van der Waals surface area contributed by atoms with Crippen LogP contribution in [0.4, 0.5) is 0 Å². The van der Waals surface area contributed by atoms with E-state index in [1.807, 2.05) is 6.07 Å². The molecule has 2 N–H and O–H groups in total. The topological polar surface area (TPSA) is 52.8 Å². The number of nitrogens with one attached hydrogen (secondary N) is 1. The number of fused-ring (bicyclic) bond motifs is 1. The van der Waals surface area contributed by atoms with E-state index in [1.54, 1.807) is 12.4 Å². The molecule has 0 aliphatic rings. The minimum Gasteiger partial charge on any atom is -0.350 e. The number of pyridine rings is 1. The lowest BCUT2D eigenvalue weighted by atomic mass is 10.4. The average Bonchev–Trinajstić information content (AvgIpc) is 2.34. The van der Waals surface area contributed by atoms with E-state index in [4.69, 9.17) is 0 Å². The third-order valence-electron chi connectivity index (χ3n) is 1.42. The first-order valence-corrected chi connectivity index (χ1v) is 4.09. The summed E-state index contributed by atoms with van der Waals surface area (Å²) < 4.78 is 2.00. The van der Waals surface area contributed by atoms with E-state index in [0.717, 1.165) is 13.7 Å². The third kappa shape index (κ3) is 1.05. The van der Waals surface area contributed by atoms with E-state index in [9.17, 15) is 5.21 Å². The molecule has 0 spiro atoms. The highest BCUT2D eigenvalue weighted by molar-refractivity contribution is 14.1. The van der Waals surface area contributed by atoms with Gasteiger partial charge in [-0.25, -0.2) is 0 Å². The molecule has 0 saturated heterocycles. The smallest absolute Gasteiger partial charge is 0.347 e. The fraction of sp³-hybridized carbons (Fsp3) is 0. The molecule has 0 amide bonds. The van der Waals surface area contributed by atoms with Crippen molar-refractivity contribution in [2.75, 3.05) is 0 Å². The molecular formula is C6H5IN3O+. The number of hydrogen-bond donors (Lipinski definition) is 2. The molecule has 5 heteroatoms. The van der Waals surface area contributed by atoms with Gasteiger partial charge in [0.05, 0.1) is 15.2 Å². The van der Waals surface area contributed by atoms with Crippen LogP contribution in [0.15, 0.2) is 18.5 Å². The molecule has 4 nitrogen and oxygen atoms in total. The van der Waals surface area contributed by atoms with Crippen LogP contribution in [0.3, 0.4) is 0 Å². The largest absolute Gasteiger partial charge is 0.350 e. The molecule has 56 valence electrons. The van der Waals surface area contributed by atoms with Crippen molar-refractivity contribution >= 4 is 33.6 Å². The van der Waals surface area contributed by atoms with Crippen LogP contribution in [0.25, 0.3) is 11.0 Å². The SMILES string of the molecule is O[n+]1cc(I)cc2cn[nH]c21. The minimum atomic E-state index is 0.616. The zero-order valence-electron chi connectivity index (χ0n) is 5.45. The lowest BCUT2D eigenvalue weighted by Gasteiger charge is -1.89. The molecule has 0 aliphatic carbocycles. The lowest BCUT2D eigenvalue weighted by molar-refractivity contribution is -0.886. The van der Waals surface area contributed by atoms with Crippen LogP contribution in [0.5, 0.6) is 0 Å². The molecule has 11 heavy (non-hydrogen) atoms. The summed E-state index contributed by atoms with van der Waals surface area (Å²) >= 11 is 2.13. The number of nitrogens with zero attached hydrogens (tertiary/aromatic N) is 2. The second-order valence-corrected chi connectivity index (χ2v) is 3.42. The van der Waals surface area contributed by atoms with Crippen LogP contribution in [-0.2, 0) is 0 Å². The van der Waals surface area contributed by atoms with Gasteiger partial charge in [0.1, 0.15) is 0 Å². The maximum absolute atomic E-state index is 9.28. The van der Waals surface area contributed by atoms with Gasteiger partial charge in [0.2, 0.25) is 0 Å². The van der Waals surface area contributed by atoms with Crippen molar-refractivity contribution < 1.29 is 9.94 Å². The number of aromatic nitrogens is 3. The Balaban J connectivity index is 2.91. The monoisotopic (exact) mass is 262 g/mol. The highest BCUT2D eigenvalue weighted by atomic mass is 127. The van der Waals surface area contributed by atoms with E-state index in [-0.39, 0.29) is 0 Å². The van der Waals surface area contributed by atoms with Crippen molar-refractivity contribution in [1.29, 1.82) is 0 Å². The maximum atomic E-state index is 9.28. The van der Waals surface area contributed by atoms with Crippen molar-refractivity contribution in [3.05, 3.63) is 22.0 Å². The summed E-state index contributed by atoms with van der Waals surface area (Å²) in [5, 5.41) is 16.7. The lowest BCUT2D eigenvalue weighted by Crippen LogP contribution is -2.30. The fourth-order valence-electron chi connectivity index (χ4n) is 0.945. The Morgan fingerprint density at radius 1 is 1.64 bits per heavy atom. The number of hydrogen-bond acceptors (Lipinski definition) is 2. The average molecular weight is 262 g/mol. The van der Waals surface area contributed by atoms with Crippen molar-refractivity contribution in [1.82, 2.24) is 10.2 Å². The predicted molar refractivity (Wildman–Crippen MR) is 46.2 cm³/mol. The zero-order valence-corrected chi connectivity index (χ0v) is 7.61. The van der Waals surface area contributed by atoms with Gasteiger partial charge in [-0.15, -0.1) is 5.10 Å². The first-order valence-electron chi connectivity index (χ1n) is 3.01. The molecule has 2 rings (SSSR count). The van der Waals surface area contributed by atoms with Gasteiger partial charge in [0.15, 0.2) is 6.20 Å². The number of rotatable bonds is 0. The Labute approximate surface area is 76.0 Å². The molecular weight excluding hydrogens is 257 g/mol. The van der Waals surface area contributed by atoms with Crippen molar-refractivity contribution in [3.8, 4) is 0 Å². The second-order valence-electron chi connectivity index (χ2n) is 2.18. The molecule has 0 atom stereocenters. The molecule has 0 fully saturated rings. The summed E-state index contributed by atoms with van der Waals surface area (Å²) in [6.07, 6.45) is 3.28. The second kappa shape index (κ2) is 2.33. The first kappa shape index (κ1) is 6.84. The Hall–Kier alpha value is -0.850. The van der Waals surface area contributed by atoms with E-state index in [2.05, 4.69) is 32.8 Å². The summed E-state index contributed by atoms with van der Waals surface area (Å²) in [5.41, 5.74) is 0.616. The highest BCUT2D eigenvalue weighted by Crippen LogP contribution is 2.09. The molecule has 0 aliphatic heterocycles. The Bertz CT molecular complexity index is 398. The normalized spacial score (nSPS) is 10.6. The maximum Gasteiger partial charge on any atom is 0.347 e. The van der Waals surface area contributed by atoms with E-state index < -0.39 is 0 Å². The first-order chi connectivity index (χ1) is 5.27. The van der Waals surface area contributed by atoms with Gasteiger partial charge in [0, 0.05) is 0 Å². The van der Waals surface area contributed by atoms with Crippen LogP contribution >= 0.6 is 22.6 Å². The van der Waals surface area contributed by atoms with Crippen LogP contribution in [0, 0.1) is 3.57 Å². The van der Waals surface area contributed by atoms with Gasteiger partial charge in [-0.1, -0.05) is 5.10 Å². The Kier molecular flexibility index (Phi) is 1.45. The standard InChI is InChI=1S/C6H4IN3O/c7-5-1-4-2-8-9-6(4)10(11)3-5/h1-3,11H/p+1. The van der Waals surface area contributed by atoms with Gasteiger partial charge in [-0.3, -0.25) is 0 Å². The molecule has 0 aromatic carbocycles. The van der Waals surface area contributed by atoms with Crippen LogP contribution in [0.2, 0.25) is 0 Å². The molecule has 2 aromatic rings. The van der Waals surface area contributed by atoms with Gasteiger partial charge in [0.25, 0.3) is 0 Å². The third-order valence-corrected chi connectivity index (χ3v) is 2.01. The van der Waals surface area contributed by atoms with Gasteiger partial charge in [-0.2, -0.15) is 0 Å². The molecule has 2 aromatic heterocycles. The summed E-state index contributed by atoms with van der Waals surface area (Å²) in [5.74, 6) is 0. The zero-order chi connectivity index (χ0) is 7.84. The molecule has 0 radical (unpaired) electrons.